The first-order chi connectivity index (χ1) is 8.75. The van der Waals surface area contributed by atoms with Crippen molar-refractivity contribution in [3.05, 3.63) is 35.9 Å². The molecular formula is C16H28N2. The molecule has 2 heteroatoms. The van der Waals surface area contributed by atoms with Gasteiger partial charge < -0.3 is 4.90 Å². The maximum absolute atomic E-state index is 2.49. The molecule has 1 heterocycles. The van der Waals surface area contributed by atoms with Gasteiger partial charge in [0.2, 0.25) is 0 Å². The summed E-state index contributed by atoms with van der Waals surface area (Å²) in [6.45, 7) is 7.54. The topological polar surface area (TPSA) is 6.48 Å². The third-order valence-electron chi connectivity index (χ3n) is 3.50. The average Bonchev–Trinajstić information content (AvgIpc) is 2.42. The highest BCUT2D eigenvalue weighted by Crippen LogP contribution is 2.15. The molecule has 1 aliphatic rings. The van der Waals surface area contributed by atoms with E-state index in [-0.39, 0.29) is 0 Å². The van der Waals surface area contributed by atoms with Gasteiger partial charge in [-0.3, -0.25) is 4.90 Å². The van der Waals surface area contributed by atoms with Gasteiger partial charge in [-0.15, -0.1) is 0 Å². The minimum atomic E-state index is 0.721. The van der Waals surface area contributed by atoms with Gasteiger partial charge in [-0.1, -0.05) is 44.2 Å². The maximum atomic E-state index is 2.49. The Morgan fingerprint density at radius 3 is 2.50 bits per heavy atom. The predicted octanol–water partition coefficient (Wildman–Crippen LogP) is 3.24. The van der Waals surface area contributed by atoms with Crippen LogP contribution in [0.15, 0.2) is 30.3 Å². The van der Waals surface area contributed by atoms with Gasteiger partial charge in [0, 0.05) is 19.1 Å². The fraction of sp³-hybridized carbons (Fsp3) is 0.625. The summed E-state index contributed by atoms with van der Waals surface area (Å²) in [6, 6.07) is 11.5. The second kappa shape index (κ2) is 8.28. The lowest BCUT2D eigenvalue weighted by Gasteiger charge is -2.35. The SMILES string of the molecule is CC.CN1CCCC(N(C)Cc2ccccc2)C1. The number of benzene rings is 1. The van der Waals surface area contributed by atoms with E-state index < -0.39 is 0 Å². The van der Waals surface area contributed by atoms with Gasteiger partial charge in [0.05, 0.1) is 0 Å². The van der Waals surface area contributed by atoms with Gasteiger partial charge in [-0.25, -0.2) is 0 Å². The minimum absolute atomic E-state index is 0.721. The highest BCUT2D eigenvalue weighted by atomic mass is 15.2. The largest absolute Gasteiger partial charge is 0.305 e. The van der Waals surface area contributed by atoms with Crippen LogP contribution in [0.5, 0.6) is 0 Å². The van der Waals surface area contributed by atoms with Crippen LogP contribution in [0.4, 0.5) is 0 Å². The van der Waals surface area contributed by atoms with E-state index in [1.165, 1.54) is 31.5 Å². The Bertz CT molecular complexity index is 310. The smallest absolute Gasteiger partial charge is 0.0234 e. The number of hydrogen-bond acceptors (Lipinski definition) is 2. The van der Waals surface area contributed by atoms with Gasteiger partial charge in [-0.05, 0) is 39.0 Å². The zero-order chi connectivity index (χ0) is 13.4. The summed E-state index contributed by atoms with van der Waals surface area (Å²) in [5, 5.41) is 0. The molecule has 0 N–H and O–H groups in total. The zero-order valence-corrected chi connectivity index (χ0v) is 12.4. The molecule has 1 aromatic carbocycles. The third-order valence-corrected chi connectivity index (χ3v) is 3.50. The molecule has 1 saturated heterocycles. The summed E-state index contributed by atoms with van der Waals surface area (Å²) in [6.07, 6.45) is 2.67. The Hall–Kier alpha value is -0.860. The van der Waals surface area contributed by atoms with E-state index in [4.69, 9.17) is 0 Å². The lowest BCUT2D eigenvalue weighted by atomic mass is 10.0. The van der Waals surface area contributed by atoms with E-state index >= 15 is 0 Å². The van der Waals surface area contributed by atoms with Crippen LogP contribution in [-0.2, 0) is 6.54 Å². The van der Waals surface area contributed by atoms with Gasteiger partial charge >= 0.3 is 0 Å². The summed E-state index contributed by atoms with van der Waals surface area (Å²) in [7, 11) is 4.47. The summed E-state index contributed by atoms with van der Waals surface area (Å²) < 4.78 is 0. The lowest BCUT2D eigenvalue weighted by Crippen LogP contribution is -2.44. The van der Waals surface area contributed by atoms with Crippen molar-refractivity contribution in [2.24, 2.45) is 0 Å². The number of piperidine rings is 1. The monoisotopic (exact) mass is 248 g/mol. The minimum Gasteiger partial charge on any atom is -0.305 e. The fourth-order valence-corrected chi connectivity index (χ4v) is 2.50. The quantitative estimate of drug-likeness (QED) is 0.810. The summed E-state index contributed by atoms with van der Waals surface area (Å²) in [5.74, 6) is 0. The molecule has 1 aromatic rings. The predicted molar refractivity (Wildman–Crippen MR) is 79.8 cm³/mol. The number of likely N-dealkylation sites (N-methyl/N-ethyl adjacent to an activating group) is 2. The highest BCUT2D eigenvalue weighted by molar-refractivity contribution is 5.14. The molecule has 1 unspecified atom stereocenters. The molecule has 0 amide bonds. The number of rotatable bonds is 3. The van der Waals surface area contributed by atoms with Crippen LogP contribution in [0.2, 0.25) is 0 Å². The Labute approximate surface area is 113 Å². The Balaban J connectivity index is 0.000000771. The second-order valence-corrected chi connectivity index (χ2v) is 4.96. The zero-order valence-electron chi connectivity index (χ0n) is 12.4. The summed E-state index contributed by atoms with van der Waals surface area (Å²) in [5.41, 5.74) is 1.42. The molecule has 0 spiro atoms. The van der Waals surface area contributed by atoms with E-state index in [0.29, 0.717) is 0 Å². The first-order valence-corrected chi connectivity index (χ1v) is 7.18. The van der Waals surface area contributed by atoms with E-state index in [1.807, 2.05) is 13.8 Å². The van der Waals surface area contributed by atoms with Crippen LogP contribution in [0.1, 0.15) is 32.3 Å². The van der Waals surface area contributed by atoms with Crippen molar-refractivity contribution in [3.8, 4) is 0 Å². The molecule has 0 bridgehead atoms. The van der Waals surface area contributed by atoms with Crippen LogP contribution < -0.4 is 0 Å². The van der Waals surface area contributed by atoms with Gasteiger partial charge in [-0.2, -0.15) is 0 Å². The molecule has 1 aliphatic heterocycles. The Morgan fingerprint density at radius 2 is 1.89 bits per heavy atom. The van der Waals surface area contributed by atoms with Crippen LogP contribution in [-0.4, -0.2) is 43.0 Å². The molecule has 1 fully saturated rings. The highest BCUT2D eigenvalue weighted by Gasteiger charge is 2.20. The first-order valence-electron chi connectivity index (χ1n) is 7.18. The molecule has 0 saturated carbocycles. The van der Waals surface area contributed by atoms with E-state index in [0.717, 1.165) is 12.6 Å². The van der Waals surface area contributed by atoms with Crippen molar-refractivity contribution < 1.29 is 0 Å². The molecule has 0 aromatic heterocycles. The van der Waals surface area contributed by atoms with Crippen molar-refractivity contribution in [2.45, 2.75) is 39.3 Å². The van der Waals surface area contributed by atoms with Crippen molar-refractivity contribution >= 4 is 0 Å². The van der Waals surface area contributed by atoms with Gasteiger partial charge in [0.25, 0.3) is 0 Å². The summed E-state index contributed by atoms with van der Waals surface area (Å²) >= 11 is 0. The molecule has 2 nitrogen and oxygen atoms in total. The second-order valence-electron chi connectivity index (χ2n) is 4.96. The Morgan fingerprint density at radius 1 is 1.22 bits per heavy atom. The molecule has 2 rings (SSSR count). The number of likely N-dealkylation sites (tertiary alicyclic amines) is 1. The Kier molecular flexibility index (Phi) is 6.99. The molecule has 0 radical (unpaired) electrons. The lowest BCUT2D eigenvalue weighted by molar-refractivity contribution is 0.129. The van der Waals surface area contributed by atoms with Gasteiger partial charge in [0.1, 0.15) is 0 Å². The maximum Gasteiger partial charge on any atom is 0.0234 e. The van der Waals surface area contributed by atoms with E-state index in [9.17, 15) is 0 Å². The van der Waals surface area contributed by atoms with Gasteiger partial charge in [0.15, 0.2) is 0 Å². The molecule has 18 heavy (non-hydrogen) atoms. The standard InChI is InChI=1S/C14H22N2.C2H6/c1-15-10-6-9-14(12-15)16(2)11-13-7-4-3-5-8-13;1-2/h3-5,7-8,14H,6,9-12H2,1-2H3;1-2H3. The van der Waals surface area contributed by atoms with Crippen LogP contribution in [0, 0.1) is 0 Å². The van der Waals surface area contributed by atoms with Crippen molar-refractivity contribution in [3.63, 3.8) is 0 Å². The van der Waals surface area contributed by atoms with Crippen LogP contribution in [0.25, 0.3) is 0 Å². The average molecular weight is 248 g/mol. The normalized spacial score (nSPS) is 20.4. The molecular weight excluding hydrogens is 220 g/mol. The van der Waals surface area contributed by atoms with Crippen LogP contribution >= 0.6 is 0 Å². The number of hydrogen-bond donors (Lipinski definition) is 0. The third kappa shape index (κ3) is 4.79. The molecule has 102 valence electrons. The van der Waals surface area contributed by atoms with Crippen molar-refractivity contribution in [2.75, 3.05) is 27.2 Å². The van der Waals surface area contributed by atoms with Crippen LogP contribution in [0.3, 0.4) is 0 Å². The first kappa shape index (κ1) is 15.2. The van der Waals surface area contributed by atoms with Crippen molar-refractivity contribution in [1.82, 2.24) is 9.80 Å². The van der Waals surface area contributed by atoms with Crippen molar-refractivity contribution in [1.29, 1.82) is 0 Å². The summed E-state index contributed by atoms with van der Waals surface area (Å²) in [4.78, 5) is 4.93. The molecule has 1 atom stereocenters. The molecule has 0 aliphatic carbocycles. The number of nitrogens with zero attached hydrogens (tertiary/aromatic N) is 2. The fourth-order valence-electron chi connectivity index (χ4n) is 2.50. The van der Waals surface area contributed by atoms with E-state index in [1.54, 1.807) is 0 Å². The van der Waals surface area contributed by atoms with E-state index in [2.05, 4.69) is 54.2 Å².